The Balaban J connectivity index is 1.42. The molecular weight excluding hydrogens is 438 g/mol. The maximum atomic E-state index is 13.4. The lowest BCUT2D eigenvalue weighted by Gasteiger charge is -2.29. The number of fused-ring (bicyclic) bond motifs is 1. The van der Waals surface area contributed by atoms with Gasteiger partial charge in [-0.25, -0.2) is 4.98 Å². The summed E-state index contributed by atoms with van der Waals surface area (Å²) in [6.07, 6.45) is 5.28. The zero-order valence-electron chi connectivity index (χ0n) is 20.9. The number of carbonyl (C=O) groups is 1. The van der Waals surface area contributed by atoms with Gasteiger partial charge in [0.1, 0.15) is 5.82 Å². The van der Waals surface area contributed by atoms with E-state index in [9.17, 15) is 4.79 Å². The number of aromatic nitrogens is 6. The van der Waals surface area contributed by atoms with Gasteiger partial charge in [-0.3, -0.25) is 19.4 Å². The second-order valence-corrected chi connectivity index (χ2v) is 9.61. The first-order valence-electron chi connectivity index (χ1n) is 12.2. The number of nitrogens with zero attached hydrogens (tertiary/aromatic N) is 7. The summed E-state index contributed by atoms with van der Waals surface area (Å²) in [5.41, 5.74) is 6.38. The monoisotopic (exact) mass is 469 g/mol. The van der Waals surface area contributed by atoms with Crippen molar-refractivity contribution in [1.29, 1.82) is 0 Å². The van der Waals surface area contributed by atoms with Crippen molar-refractivity contribution in [3.05, 3.63) is 71.7 Å². The number of amides is 1. The van der Waals surface area contributed by atoms with Crippen molar-refractivity contribution < 1.29 is 4.79 Å². The maximum absolute atomic E-state index is 13.4. The van der Waals surface area contributed by atoms with Gasteiger partial charge in [0, 0.05) is 43.3 Å². The molecule has 4 aromatic heterocycles. The van der Waals surface area contributed by atoms with Crippen molar-refractivity contribution in [2.45, 2.75) is 59.7 Å². The van der Waals surface area contributed by atoms with Crippen LogP contribution in [0.4, 0.5) is 0 Å². The van der Waals surface area contributed by atoms with E-state index in [-0.39, 0.29) is 17.9 Å². The van der Waals surface area contributed by atoms with Crippen LogP contribution in [0.15, 0.2) is 48.9 Å². The SMILES string of the molecule is Cc1nc(-c2cccnc2C(C)C)c2n1CCN(C(=O)c1ccc(-c3ccnn3C(C)C)nc1)C2. The first-order valence-corrected chi connectivity index (χ1v) is 12.2. The van der Waals surface area contributed by atoms with Gasteiger partial charge in [-0.05, 0) is 57.0 Å². The van der Waals surface area contributed by atoms with Crippen molar-refractivity contribution >= 4 is 5.91 Å². The molecule has 180 valence electrons. The molecule has 4 aromatic rings. The Morgan fingerprint density at radius 1 is 1.00 bits per heavy atom. The number of hydrogen-bond donors (Lipinski definition) is 0. The van der Waals surface area contributed by atoms with Crippen molar-refractivity contribution in [2.24, 2.45) is 0 Å². The molecule has 0 N–H and O–H groups in total. The highest BCUT2D eigenvalue weighted by molar-refractivity contribution is 5.94. The number of imidazole rings is 1. The van der Waals surface area contributed by atoms with Crippen LogP contribution in [0.1, 0.15) is 67.2 Å². The molecule has 0 fully saturated rings. The van der Waals surface area contributed by atoms with Gasteiger partial charge in [-0.2, -0.15) is 5.10 Å². The third-order valence-corrected chi connectivity index (χ3v) is 6.56. The highest BCUT2D eigenvalue weighted by atomic mass is 16.2. The smallest absolute Gasteiger partial charge is 0.255 e. The lowest BCUT2D eigenvalue weighted by Crippen LogP contribution is -2.38. The molecule has 5 rings (SSSR count). The van der Waals surface area contributed by atoms with E-state index in [1.165, 1.54) is 0 Å². The fraction of sp³-hybridized carbons (Fsp3) is 0.370. The zero-order valence-corrected chi connectivity index (χ0v) is 20.9. The molecule has 0 atom stereocenters. The minimum Gasteiger partial charge on any atom is -0.331 e. The van der Waals surface area contributed by atoms with Gasteiger partial charge >= 0.3 is 0 Å². The normalized spacial score (nSPS) is 13.5. The van der Waals surface area contributed by atoms with E-state index >= 15 is 0 Å². The van der Waals surface area contributed by atoms with Gasteiger partial charge in [-0.15, -0.1) is 0 Å². The minimum atomic E-state index is -0.0206. The molecular formula is C27H31N7O. The molecule has 0 aromatic carbocycles. The van der Waals surface area contributed by atoms with Gasteiger partial charge in [0.2, 0.25) is 0 Å². The molecule has 0 radical (unpaired) electrons. The van der Waals surface area contributed by atoms with Crippen LogP contribution < -0.4 is 0 Å². The number of aryl methyl sites for hydroxylation is 1. The van der Waals surface area contributed by atoms with Gasteiger partial charge in [0.15, 0.2) is 0 Å². The lowest BCUT2D eigenvalue weighted by molar-refractivity contribution is 0.0710. The summed E-state index contributed by atoms with van der Waals surface area (Å²) in [6.45, 7) is 12.3. The molecule has 8 nitrogen and oxygen atoms in total. The molecule has 1 aliphatic heterocycles. The summed E-state index contributed by atoms with van der Waals surface area (Å²) < 4.78 is 4.16. The van der Waals surface area contributed by atoms with Crippen molar-refractivity contribution in [3.8, 4) is 22.6 Å². The van der Waals surface area contributed by atoms with Crippen molar-refractivity contribution in [1.82, 2.24) is 34.2 Å². The van der Waals surface area contributed by atoms with Gasteiger partial charge in [-0.1, -0.05) is 13.8 Å². The molecule has 0 bridgehead atoms. The molecule has 1 amide bonds. The largest absolute Gasteiger partial charge is 0.331 e. The number of carbonyl (C=O) groups excluding carboxylic acids is 1. The Bertz CT molecular complexity index is 1360. The van der Waals surface area contributed by atoms with E-state index in [0.717, 1.165) is 46.4 Å². The summed E-state index contributed by atoms with van der Waals surface area (Å²) in [7, 11) is 0. The van der Waals surface area contributed by atoms with Gasteiger partial charge in [0.25, 0.3) is 5.91 Å². The van der Waals surface area contributed by atoms with E-state index in [4.69, 9.17) is 4.98 Å². The molecule has 8 heteroatoms. The molecule has 35 heavy (non-hydrogen) atoms. The van der Waals surface area contributed by atoms with Crippen LogP contribution in [0, 0.1) is 6.92 Å². The second-order valence-electron chi connectivity index (χ2n) is 9.61. The Hall–Kier alpha value is -3.81. The molecule has 5 heterocycles. The van der Waals surface area contributed by atoms with E-state index in [2.05, 4.69) is 53.4 Å². The first-order chi connectivity index (χ1) is 16.8. The van der Waals surface area contributed by atoms with Crippen LogP contribution in [0.3, 0.4) is 0 Å². The van der Waals surface area contributed by atoms with Gasteiger partial charge in [0.05, 0.1) is 40.6 Å². The molecule has 0 saturated heterocycles. The maximum Gasteiger partial charge on any atom is 0.255 e. The topological polar surface area (TPSA) is 81.7 Å². The van der Waals surface area contributed by atoms with Crippen molar-refractivity contribution in [3.63, 3.8) is 0 Å². The standard InChI is InChI=1S/C27H31N7O/c1-17(2)25-21(7-6-11-28-25)26-24-16-32(13-14-33(24)19(5)31-26)27(35)20-8-9-22(29-15-20)23-10-12-30-34(23)18(3)4/h6-12,15,17-18H,13-14,16H2,1-5H3. The highest BCUT2D eigenvalue weighted by Crippen LogP contribution is 2.32. The fourth-order valence-corrected chi connectivity index (χ4v) is 4.80. The summed E-state index contributed by atoms with van der Waals surface area (Å²) >= 11 is 0. The third kappa shape index (κ3) is 4.13. The Morgan fingerprint density at radius 2 is 1.83 bits per heavy atom. The van der Waals surface area contributed by atoms with Crippen LogP contribution in [-0.4, -0.2) is 46.7 Å². The Morgan fingerprint density at radius 3 is 2.54 bits per heavy atom. The van der Waals surface area contributed by atoms with E-state index in [1.54, 1.807) is 12.4 Å². The van der Waals surface area contributed by atoms with Crippen LogP contribution in [0.5, 0.6) is 0 Å². The van der Waals surface area contributed by atoms with E-state index < -0.39 is 0 Å². The highest BCUT2D eigenvalue weighted by Gasteiger charge is 2.28. The fourth-order valence-electron chi connectivity index (χ4n) is 4.80. The number of pyridine rings is 2. The molecule has 1 aliphatic rings. The minimum absolute atomic E-state index is 0.0206. The lowest BCUT2D eigenvalue weighted by atomic mass is 10.00. The average molecular weight is 470 g/mol. The second kappa shape index (κ2) is 9.09. The van der Waals surface area contributed by atoms with Crippen LogP contribution >= 0.6 is 0 Å². The number of hydrogen-bond acceptors (Lipinski definition) is 5. The van der Waals surface area contributed by atoms with E-state index in [1.807, 2.05) is 47.0 Å². The first kappa shape index (κ1) is 23.0. The van der Waals surface area contributed by atoms with Crippen LogP contribution in [-0.2, 0) is 13.1 Å². The summed E-state index contributed by atoms with van der Waals surface area (Å²) in [6, 6.07) is 9.97. The van der Waals surface area contributed by atoms with Crippen LogP contribution in [0.25, 0.3) is 22.6 Å². The predicted octanol–water partition coefficient (Wildman–Crippen LogP) is 4.87. The van der Waals surface area contributed by atoms with Gasteiger partial charge < -0.3 is 9.47 Å². The average Bonchev–Trinajstić information content (AvgIpc) is 3.49. The molecule has 0 saturated carbocycles. The third-order valence-electron chi connectivity index (χ3n) is 6.56. The zero-order chi connectivity index (χ0) is 24.7. The Labute approximate surface area is 205 Å². The Kier molecular flexibility index (Phi) is 5.96. The summed E-state index contributed by atoms with van der Waals surface area (Å²) in [5.74, 6) is 1.22. The quantitative estimate of drug-likeness (QED) is 0.416. The molecule has 0 spiro atoms. The summed E-state index contributed by atoms with van der Waals surface area (Å²) in [5, 5.41) is 4.39. The van der Waals surface area contributed by atoms with Crippen molar-refractivity contribution in [2.75, 3.05) is 6.54 Å². The van der Waals surface area contributed by atoms with Crippen LogP contribution in [0.2, 0.25) is 0 Å². The van der Waals surface area contributed by atoms with E-state index in [0.29, 0.717) is 18.7 Å². The molecule has 0 unspecified atom stereocenters. The predicted molar refractivity (Wildman–Crippen MR) is 135 cm³/mol. The number of rotatable bonds is 5. The molecule has 0 aliphatic carbocycles. The summed E-state index contributed by atoms with van der Waals surface area (Å²) in [4.78, 5) is 29.4.